The van der Waals surface area contributed by atoms with Gasteiger partial charge in [0, 0.05) is 31.2 Å². The smallest absolute Gasteiger partial charge is 0.243 e. The Bertz CT molecular complexity index is 751. The molecule has 7 heteroatoms. The van der Waals surface area contributed by atoms with Crippen molar-refractivity contribution in [2.75, 3.05) is 12.3 Å². The third-order valence-electron chi connectivity index (χ3n) is 3.59. The number of imidazole rings is 1. The van der Waals surface area contributed by atoms with Crippen LogP contribution in [-0.4, -0.2) is 28.8 Å². The van der Waals surface area contributed by atoms with Gasteiger partial charge in [-0.1, -0.05) is 0 Å². The Kier molecular flexibility index (Phi) is 3.02. The van der Waals surface area contributed by atoms with Gasteiger partial charge in [0.2, 0.25) is 10.0 Å². The summed E-state index contributed by atoms with van der Waals surface area (Å²) in [6, 6.07) is 4.80. The maximum absolute atomic E-state index is 12.6. The largest absolute Gasteiger partial charge is 0.399 e. The van der Waals surface area contributed by atoms with Gasteiger partial charge in [-0.25, -0.2) is 13.4 Å². The summed E-state index contributed by atoms with van der Waals surface area (Å²) in [5, 5.41) is 0. The number of aromatic nitrogens is 2. The minimum atomic E-state index is -3.50. The zero-order chi connectivity index (χ0) is 14.3. The number of aryl methyl sites for hydroxylation is 1. The molecule has 0 aliphatic carbocycles. The normalized spacial score (nSPS) is 16.1. The maximum Gasteiger partial charge on any atom is 0.243 e. The summed E-state index contributed by atoms with van der Waals surface area (Å²) in [6.07, 6.45) is 3.56. The van der Waals surface area contributed by atoms with Crippen molar-refractivity contribution in [3.8, 4) is 0 Å². The first-order valence-electron chi connectivity index (χ1n) is 6.35. The molecule has 0 atom stereocenters. The third kappa shape index (κ3) is 2.08. The first kappa shape index (κ1) is 13.1. The van der Waals surface area contributed by atoms with Crippen LogP contribution in [0, 0.1) is 6.92 Å². The molecule has 106 valence electrons. The number of sulfonamides is 1. The topological polar surface area (TPSA) is 81.2 Å². The van der Waals surface area contributed by atoms with Crippen molar-refractivity contribution in [2.45, 2.75) is 24.9 Å². The molecule has 0 saturated carbocycles. The lowest BCUT2D eigenvalue weighted by molar-refractivity contribution is 0.335. The Morgan fingerprint density at radius 2 is 2.10 bits per heavy atom. The van der Waals surface area contributed by atoms with E-state index < -0.39 is 10.0 Å². The van der Waals surface area contributed by atoms with E-state index in [2.05, 4.69) is 4.98 Å². The molecule has 0 bridgehead atoms. The van der Waals surface area contributed by atoms with E-state index >= 15 is 0 Å². The molecule has 0 radical (unpaired) electrons. The molecule has 1 aromatic heterocycles. The molecule has 3 rings (SSSR count). The molecule has 0 fully saturated rings. The van der Waals surface area contributed by atoms with E-state index in [-0.39, 0.29) is 4.90 Å². The van der Waals surface area contributed by atoms with Crippen molar-refractivity contribution in [3.63, 3.8) is 0 Å². The van der Waals surface area contributed by atoms with Gasteiger partial charge in [-0.2, -0.15) is 4.31 Å². The number of nitrogens with zero attached hydrogens (tertiary/aromatic N) is 3. The summed E-state index contributed by atoms with van der Waals surface area (Å²) in [6.45, 7) is 3.19. The Morgan fingerprint density at radius 3 is 2.85 bits per heavy atom. The van der Waals surface area contributed by atoms with Gasteiger partial charge in [0.15, 0.2) is 0 Å². The van der Waals surface area contributed by atoms with Crippen LogP contribution in [0.1, 0.15) is 11.4 Å². The molecule has 0 unspecified atom stereocenters. The molecule has 1 aliphatic rings. The molecule has 6 nitrogen and oxygen atoms in total. The minimum Gasteiger partial charge on any atom is -0.399 e. The molecule has 2 N–H and O–H groups in total. The molecule has 1 aliphatic heterocycles. The van der Waals surface area contributed by atoms with E-state index in [0.29, 0.717) is 25.3 Å². The minimum absolute atomic E-state index is 0.282. The predicted octanol–water partition coefficient (Wildman–Crippen LogP) is 0.978. The molecular weight excluding hydrogens is 276 g/mol. The number of nitrogens with two attached hydrogens (primary N) is 1. The molecule has 1 aromatic carbocycles. The summed E-state index contributed by atoms with van der Waals surface area (Å²) in [5.74, 6) is 0.770. The summed E-state index contributed by atoms with van der Waals surface area (Å²) < 4.78 is 28.7. The van der Waals surface area contributed by atoms with E-state index in [4.69, 9.17) is 5.73 Å². The van der Waals surface area contributed by atoms with Crippen LogP contribution < -0.4 is 5.73 Å². The van der Waals surface area contributed by atoms with Crippen molar-refractivity contribution in [1.29, 1.82) is 0 Å². The Morgan fingerprint density at radius 1 is 1.30 bits per heavy atom. The van der Waals surface area contributed by atoms with Gasteiger partial charge in [-0.15, -0.1) is 0 Å². The fourth-order valence-corrected chi connectivity index (χ4v) is 3.79. The van der Waals surface area contributed by atoms with Crippen LogP contribution in [0.2, 0.25) is 0 Å². The van der Waals surface area contributed by atoms with Crippen LogP contribution in [0.15, 0.2) is 35.5 Å². The molecule has 0 amide bonds. The van der Waals surface area contributed by atoms with Crippen molar-refractivity contribution in [1.82, 2.24) is 13.9 Å². The second-order valence-corrected chi connectivity index (χ2v) is 6.83. The zero-order valence-electron chi connectivity index (χ0n) is 11.2. The Balaban J connectivity index is 1.95. The maximum atomic E-state index is 12.6. The molecule has 2 aromatic rings. The van der Waals surface area contributed by atoms with Gasteiger partial charge in [0.25, 0.3) is 0 Å². The number of hydrogen-bond donors (Lipinski definition) is 1. The van der Waals surface area contributed by atoms with Gasteiger partial charge in [-0.05, 0) is 30.7 Å². The number of benzene rings is 1. The molecular formula is C13H16N4O2S. The number of anilines is 1. The molecule has 20 heavy (non-hydrogen) atoms. The average Bonchev–Trinajstić information content (AvgIpc) is 2.89. The predicted molar refractivity (Wildman–Crippen MR) is 75.4 cm³/mol. The summed E-state index contributed by atoms with van der Waals surface area (Å²) in [7, 11) is -3.50. The number of nitrogen functional groups attached to an aromatic ring is 1. The van der Waals surface area contributed by atoms with Gasteiger partial charge >= 0.3 is 0 Å². The highest BCUT2D eigenvalue weighted by atomic mass is 32.2. The zero-order valence-corrected chi connectivity index (χ0v) is 12.0. The van der Waals surface area contributed by atoms with E-state index in [0.717, 1.165) is 11.4 Å². The third-order valence-corrected chi connectivity index (χ3v) is 5.43. The fourth-order valence-electron chi connectivity index (χ4n) is 2.31. The van der Waals surface area contributed by atoms with E-state index in [9.17, 15) is 8.42 Å². The lowest BCUT2D eigenvalue weighted by Crippen LogP contribution is -2.38. The molecule has 0 saturated heterocycles. The standard InChI is InChI=1S/C13H16N4O2S/c1-10-8-11(2-3-12(10)14)20(18,19)17-7-6-16-5-4-15-13(16)9-17/h2-5,8H,6-7,9,14H2,1H3. The Hall–Kier alpha value is -1.86. The monoisotopic (exact) mass is 292 g/mol. The summed E-state index contributed by atoms with van der Waals surface area (Å²) in [5.41, 5.74) is 7.10. The van der Waals surface area contributed by atoms with Gasteiger partial charge in [0.1, 0.15) is 5.82 Å². The molecule has 2 heterocycles. The number of rotatable bonds is 2. The summed E-state index contributed by atoms with van der Waals surface area (Å²) >= 11 is 0. The van der Waals surface area contributed by atoms with Crippen LogP contribution in [-0.2, 0) is 23.1 Å². The van der Waals surface area contributed by atoms with E-state index in [1.807, 2.05) is 10.8 Å². The van der Waals surface area contributed by atoms with Gasteiger partial charge < -0.3 is 10.3 Å². The number of hydrogen-bond acceptors (Lipinski definition) is 4. The first-order chi connectivity index (χ1) is 9.48. The van der Waals surface area contributed by atoms with Crippen LogP contribution in [0.5, 0.6) is 0 Å². The second-order valence-electron chi connectivity index (χ2n) is 4.89. The fraction of sp³-hybridized carbons (Fsp3) is 0.308. The van der Waals surface area contributed by atoms with Crippen molar-refractivity contribution < 1.29 is 8.42 Å². The first-order valence-corrected chi connectivity index (χ1v) is 7.79. The quantitative estimate of drug-likeness (QED) is 0.837. The van der Waals surface area contributed by atoms with Crippen LogP contribution in [0.3, 0.4) is 0 Å². The highest BCUT2D eigenvalue weighted by Crippen LogP contribution is 2.23. The van der Waals surface area contributed by atoms with E-state index in [1.165, 1.54) is 4.31 Å². The van der Waals surface area contributed by atoms with Crippen molar-refractivity contribution in [2.24, 2.45) is 0 Å². The SMILES string of the molecule is Cc1cc(S(=O)(=O)N2CCn3ccnc3C2)ccc1N. The van der Waals surface area contributed by atoms with Crippen molar-refractivity contribution in [3.05, 3.63) is 42.0 Å². The van der Waals surface area contributed by atoms with Crippen molar-refractivity contribution >= 4 is 15.7 Å². The van der Waals surface area contributed by atoms with Crippen LogP contribution >= 0.6 is 0 Å². The second kappa shape index (κ2) is 4.60. The average molecular weight is 292 g/mol. The van der Waals surface area contributed by atoms with Crippen LogP contribution in [0.4, 0.5) is 5.69 Å². The Labute approximate surface area is 117 Å². The lowest BCUT2D eigenvalue weighted by Gasteiger charge is -2.27. The highest BCUT2D eigenvalue weighted by molar-refractivity contribution is 7.89. The van der Waals surface area contributed by atoms with Gasteiger partial charge in [0.05, 0.1) is 11.4 Å². The van der Waals surface area contributed by atoms with Crippen LogP contribution in [0.25, 0.3) is 0 Å². The number of fused-ring (bicyclic) bond motifs is 1. The highest BCUT2D eigenvalue weighted by Gasteiger charge is 2.28. The van der Waals surface area contributed by atoms with E-state index in [1.54, 1.807) is 31.3 Å². The summed E-state index contributed by atoms with van der Waals surface area (Å²) in [4.78, 5) is 4.46. The lowest BCUT2D eigenvalue weighted by atomic mass is 10.2. The molecule has 0 spiro atoms. The van der Waals surface area contributed by atoms with Gasteiger partial charge in [-0.3, -0.25) is 0 Å².